The third-order valence-electron chi connectivity index (χ3n) is 3.44. The van der Waals surface area contributed by atoms with Crippen molar-refractivity contribution < 1.29 is 31.8 Å². The fraction of sp³-hybridized carbons (Fsp3) is 0.167. The lowest BCUT2D eigenvalue weighted by atomic mass is 10.1. The lowest BCUT2D eigenvalue weighted by molar-refractivity contribution is -0.500. The lowest BCUT2D eigenvalue weighted by Crippen LogP contribution is -2.76. The summed E-state index contributed by atoms with van der Waals surface area (Å²) in [6.07, 6.45) is 0.689. The minimum absolute atomic E-state index is 0.161. The Bertz CT molecular complexity index is 939. The van der Waals surface area contributed by atoms with E-state index in [0.29, 0.717) is 18.0 Å². The summed E-state index contributed by atoms with van der Waals surface area (Å²) in [5.74, 6) is 0.793. The van der Waals surface area contributed by atoms with Crippen LogP contribution in [-0.4, -0.2) is 25.5 Å². The number of rotatable bonds is 4. The van der Waals surface area contributed by atoms with E-state index in [0.717, 1.165) is 27.7 Å². The Morgan fingerprint density at radius 1 is 1.00 bits per heavy atom. The predicted molar refractivity (Wildman–Crippen MR) is 97.5 cm³/mol. The number of aliphatic hydroxyl groups is 1. The maximum atomic E-state index is 9.75. The van der Waals surface area contributed by atoms with Crippen molar-refractivity contribution in [3.8, 4) is 11.3 Å². The molecule has 0 aliphatic heterocycles. The van der Waals surface area contributed by atoms with Crippen molar-refractivity contribution >= 4 is 29.8 Å². The monoisotopic (exact) mass is 401 g/mol. The van der Waals surface area contributed by atoms with Crippen molar-refractivity contribution in [3.63, 3.8) is 0 Å². The first-order valence-electron chi connectivity index (χ1n) is 8.12. The van der Waals surface area contributed by atoms with Gasteiger partial charge in [0.2, 0.25) is 5.36 Å². The van der Waals surface area contributed by atoms with Crippen molar-refractivity contribution in [2.24, 2.45) is 0 Å². The van der Waals surface area contributed by atoms with Gasteiger partial charge < -0.3 is 26.8 Å². The van der Waals surface area contributed by atoms with Gasteiger partial charge in [0.05, 0.1) is 11.5 Å². The Kier molecular flexibility index (Phi) is 7.44. The molecule has 0 saturated carbocycles. The van der Waals surface area contributed by atoms with Gasteiger partial charge in [-0.3, -0.25) is 0 Å². The number of halogens is 5. The van der Waals surface area contributed by atoms with Gasteiger partial charge in [0.25, 0.3) is 0 Å². The highest BCUT2D eigenvalue weighted by molar-refractivity contribution is 6.50. The van der Waals surface area contributed by atoms with Crippen molar-refractivity contribution in [3.05, 3.63) is 65.0 Å². The first kappa shape index (κ1) is 21.0. The first-order chi connectivity index (χ1) is 12.8. The molecule has 1 aromatic heterocycles. The minimum Gasteiger partial charge on any atom is -0.456 e. The molecule has 3 rings (SSSR count). The first-order valence-corrected chi connectivity index (χ1v) is 8.49. The average molecular weight is 402 g/mol. The zero-order valence-corrected chi connectivity index (χ0v) is 14.9. The van der Waals surface area contributed by atoms with Gasteiger partial charge >= 0.3 is 7.25 Å². The van der Waals surface area contributed by atoms with E-state index >= 15 is 0 Å². The molecule has 3 aromatic rings. The van der Waals surface area contributed by atoms with Crippen LogP contribution < -0.4 is 10.3 Å². The van der Waals surface area contributed by atoms with Gasteiger partial charge in [-0.15, -0.1) is 0 Å². The topological polar surface area (TPSA) is 47.3 Å². The third kappa shape index (κ3) is 7.07. The Morgan fingerprint density at radius 2 is 1.67 bits per heavy atom. The van der Waals surface area contributed by atoms with Crippen LogP contribution in [0.15, 0.2) is 59.0 Å². The van der Waals surface area contributed by atoms with E-state index in [-0.39, 0.29) is 6.61 Å². The van der Waals surface area contributed by atoms with E-state index in [1.54, 1.807) is 0 Å². The molecule has 0 radical (unpaired) electrons. The molecule has 0 atom stereocenters. The number of hydrogen-bond acceptors (Lipinski definition) is 2. The molecule has 0 bridgehead atoms. The van der Waals surface area contributed by atoms with Gasteiger partial charge in [0, 0.05) is 23.6 Å². The number of fused-ring (bicyclic) bond motifs is 1. The summed E-state index contributed by atoms with van der Waals surface area (Å²) >= 11 is 6.10. The number of aliphatic hydroxyl groups excluding tert-OH is 1. The number of benzene rings is 2. The molecular formula is C18H17BClF4NO2. The average Bonchev–Trinajstić information content (AvgIpc) is 2.61. The smallest absolute Gasteiger partial charge is 0.456 e. The highest BCUT2D eigenvalue weighted by Crippen LogP contribution is 2.23. The maximum absolute atomic E-state index is 9.75. The quantitative estimate of drug-likeness (QED) is 0.400. The molecule has 3 nitrogen and oxygen atoms in total. The lowest BCUT2D eigenvalue weighted by Gasteiger charge is -2.03. The normalized spacial score (nSPS) is 12.0. The molecular weight excluding hydrogens is 384 g/mol. The van der Waals surface area contributed by atoms with E-state index in [4.69, 9.17) is 21.1 Å². The molecule has 0 aliphatic rings. The zero-order chi connectivity index (χ0) is 19.9. The molecule has 0 fully saturated rings. The Morgan fingerprint density at radius 3 is 2.30 bits per heavy atom. The number of nitrogens with one attached hydrogen (secondary N) is 1. The fourth-order valence-corrected chi connectivity index (χ4v) is 2.52. The zero-order valence-electron chi connectivity index (χ0n) is 14.1. The van der Waals surface area contributed by atoms with Crippen molar-refractivity contribution in [2.75, 3.05) is 13.2 Å². The Labute approximate surface area is 158 Å². The summed E-state index contributed by atoms with van der Waals surface area (Å²) in [4.78, 5) is 3.35. The highest BCUT2D eigenvalue weighted by atomic mass is 35.5. The predicted octanol–water partition coefficient (Wildman–Crippen LogP) is 3.42. The molecule has 2 N–H and O–H groups in total. The molecule has 144 valence electrons. The minimum atomic E-state index is -6.00. The van der Waals surface area contributed by atoms with Crippen LogP contribution in [0.5, 0.6) is 0 Å². The summed E-state index contributed by atoms with van der Waals surface area (Å²) < 4.78 is 45.0. The van der Waals surface area contributed by atoms with Crippen LogP contribution in [0.4, 0.5) is 17.3 Å². The van der Waals surface area contributed by atoms with E-state index in [1.807, 2.05) is 54.6 Å². The van der Waals surface area contributed by atoms with E-state index in [9.17, 15) is 17.3 Å². The summed E-state index contributed by atoms with van der Waals surface area (Å²) in [5.41, 5.74) is 1.79. The number of hydrogen-bond donors (Lipinski definition) is 2. The van der Waals surface area contributed by atoms with Gasteiger partial charge in [-0.1, -0.05) is 41.9 Å². The van der Waals surface area contributed by atoms with Gasteiger partial charge in [0.15, 0.2) is 0 Å². The molecule has 0 amide bonds. The standard InChI is InChI=1S/C18H16ClNO2.BF4/c19-14-7-8-17-15(11-14)16(20-9-4-10-21)12-18(22-17)13-5-2-1-3-6-13;2-1(3,4)5/h1-3,5-8,11-12,21H,4,9-10H2;/q;-1/p+1. The largest absolute Gasteiger partial charge is 0.673 e. The van der Waals surface area contributed by atoms with Crippen molar-refractivity contribution in [2.45, 2.75) is 6.42 Å². The molecule has 27 heavy (non-hydrogen) atoms. The molecule has 0 spiro atoms. The SMILES string of the molecule is F[B-](F)(F)F.OCCC[NH+]=c1cc(-c2ccccc2)oc2ccc(Cl)cc12. The second-order valence-electron chi connectivity index (χ2n) is 5.53. The molecule has 0 aliphatic carbocycles. The molecule has 1 heterocycles. The van der Waals surface area contributed by atoms with Crippen LogP contribution in [0, 0.1) is 0 Å². The summed E-state index contributed by atoms with van der Waals surface area (Å²) in [6.45, 7) is 0.852. The van der Waals surface area contributed by atoms with Crippen LogP contribution in [-0.2, 0) is 0 Å². The summed E-state index contributed by atoms with van der Waals surface area (Å²) in [7, 11) is -6.00. The molecule has 0 unspecified atom stereocenters. The van der Waals surface area contributed by atoms with Gasteiger partial charge in [-0.2, -0.15) is 0 Å². The Hall–Kier alpha value is -2.32. The van der Waals surface area contributed by atoms with Gasteiger partial charge in [0.1, 0.15) is 17.9 Å². The molecule has 0 saturated heterocycles. The second kappa shape index (κ2) is 9.57. The third-order valence-corrected chi connectivity index (χ3v) is 3.67. The van der Waals surface area contributed by atoms with Gasteiger partial charge in [-0.05, 0) is 18.2 Å². The van der Waals surface area contributed by atoms with Gasteiger partial charge in [-0.25, -0.2) is 4.99 Å². The molecule has 2 aromatic carbocycles. The molecule has 9 heteroatoms. The van der Waals surface area contributed by atoms with Crippen molar-refractivity contribution in [1.82, 2.24) is 0 Å². The maximum Gasteiger partial charge on any atom is 0.673 e. The van der Waals surface area contributed by atoms with Crippen LogP contribution in [0.25, 0.3) is 22.3 Å². The van der Waals surface area contributed by atoms with Crippen LogP contribution >= 0.6 is 11.6 Å². The highest BCUT2D eigenvalue weighted by Gasteiger charge is 2.20. The van der Waals surface area contributed by atoms with Crippen LogP contribution in [0.1, 0.15) is 6.42 Å². The summed E-state index contributed by atoms with van der Waals surface area (Å²) in [5, 5.41) is 11.5. The van der Waals surface area contributed by atoms with E-state index < -0.39 is 7.25 Å². The van der Waals surface area contributed by atoms with Crippen LogP contribution in [0.3, 0.4) is 0 Å². The van der Waals surface area contributed by atoms with E-state index in [2.05, 4.69) is 4.99 Å². The van der Waals surface area contributed by atoms with Crippen LogP contribution in [0.2, 0.25) is 5.02 Å². The Balaban J connectivity index is 0.000000465. The second-order valence-corrected chi connectivity index (χ2v) is 5.97. The fourth-order valence-electron chi connectivity index (χ4n) is 2.35. The summed E-state index contributed by atoms with van der Waals surface area (Å²) in [6, 6.07) is 17.5. The van der Waals surface area contributed by atoms with Crippen molar-refractivity contribution in [1.29, 1.82) is 0 Å². The van der Waals surface area contributed by atoms with E-state index in [1.165, 1.54) is 0 Å².